The van der Waals surface area contributed by atoms with Crippen molar-refractivity contribution < 1.29 is 9.59 Å². The number of imidazole rings is 3. The number of thiazole rings is 1. The molecule has 13 heteroatoms. The normalized spacial score (nSPS) is 13.5. The van der Waals surface area contributed by atoms with Gasteiger partial charge >= 0.3 is 6.03 Å². The lowest BCUT2D eigenvalue weighted by atomic mass is 10.1. The Kier molecular flexibility index (Phi) is 6.21. The van der Waals surface area contributed by atoms with Crippen LogP contribution in [0.25, 0.3) is 10.6 Å². The first-order valence-electron chi connectivity index (χ1n) is 11.1. The number of H-pyrrole nitrogens is 2. The standard InChI is InChI=1S/C16H16N6OS.C7H6N4O/c1-10-12(11-3-6-18-13(20-11)16(2)4-5-16)24-14(19-10)21-15(23)22-8-7-17-9-22;12-5(6-8-1-2-9-6)7-10-3-4-11-7/h3,6-9H,4-5H2,1-2H3,(H,19,21,23);1-4H,(H,8,9)(H,10,11). The Morgan fingerprint density at radius 2 is 1.75 bits per heavy atom. The topological polar surface area (TPSA) is 160 Å². The van der Waals surface area contributed by atoms with Gasteiger partial charge in [0, 0.05) is 48.8 Å². The quantitative estimate of drug-likeness (QED) is 0.307. The average molecular weight is 503 g/mol. The van der Waals surface area contributed by atoms with Gasteiger partial charge in [-0.25, -0.2) is 34.7 Å². The second-order valence-electron chi connectivity index (χ2n) is 8.36. The van der Waals surface area contributed by atoms with Crippen molar-refractivity contribution in [2.24, 2.45) is 0 Å². The predicted molar refractivity (Wildman–Crippen MR) is 132 cm³/mol. The Balaban J connectivity index is 0.000000186. The monoisotopic (exact) mass is 502 g/mol. The van der Waals surface area contributed by atoms with Crippen LogP contribution in [0.5, 0.6) is 0 Å². The van der Waals surface area contributed by atoms with Gasteiger partial charge in [-0.3, -0.25) is 14.7 Å². The van der Waals surface area contributed by atoms with E-state index in [0.29, 0.717) is 16.8 Å². The van der Waals surface area contributed by atoms with Gasteiger partial charge in [0.1, 0.15) is 12.2 Å². The Bertz CT molecular complexity index is 1430. The number of carbonyl (C=O) groups excluding carboxylic acids is 2. The molecule has 6 rings (SSSR count). The third-order valence-corrected chi connectivity index (χ3v) is 6.70. The van der Waals surface area contributed by atoms with Crippen molar-refractivity contribution >= 4 is 28.3 Å². The maximum atomic E-state index is 12.1. The first-order valence-corrected chi connectivity index (χ1v) is 11.9. The number of nitrogens with zero attached hydrogens (tertiary/aromatic N) is 7. The summed E-state index contributed by atoms with van der Waals surface area (Å²) in [6.45, 7) is 4.10. The van der Waals surface area contributed by atoms with Crippen molar-refractivity contribution in [3.8, 4) is 10.6 Å². The largest absolute Gasteiger partial charge is 0.342 e. The summed E-state index contributed by atoms with van der Waals surface area (Å²) in [5.41, 5.74) is 1.81. The third-order valence-electron chi connectivity index (χ3n) is 5.60. The highest BCUT2D eigenvalue weighted by atomic mass is 32.1. The summed E-state index contributed by atoms with van der Waals surface area (Å²) >= 11 is 1.41. The first kappa shape index (κ1) is 23.2. The molecule has 0 spiro atoms. The van der Waals surface area contributed by atoms with Crippen molar-refractivity contribution in [1.29, 1.82) is 0 Å². The molecule has 5 heterocycles. The van der Waals surface area contributed by atoms with E-state index >= 15 is 0 Å². The summed E-state index contributed by atoms with van der Waals surface area (Å²) in [6.07, 6.45) is 14.9. The molecular weight excluding hydrogens is 480 g/mol. The van der Waals surface area contributed by atoms with Gasteiger partial charge in [-0.1, -0.05) is 18.3 Å². The van der Waals surface area contributed by atoms with E-state index in [4.69, 9.17) is 4.98 Å². The number of ketones is 1. The molecule has 0 bridgehead atoms. The molecule has 5 aromatic heterocycles. The molecule has 5 aromatic rings. The molecule has 36 heavy (non-hydrogen) atoms. The predicted octanol–water partition coefficient (Wildman–Crippen LogP) is 3.60. The molecule has 1 aliphatic rings. The van der Waals surface area contributed by atoms with Gasteiger partial charge in [-0.15, -0.1) is 0 Å². The van der Waals surface area contributed by atoms with Crippen LogP contribution in [0, 0.1) is 6.92 Å². The number of aryl methyl sites for hydroxylation is 1. The zero-order chi connectivity index (χ0) is 25.1. The average Bonchev–Trinajstić information content (AvgIpc) is 3.51. The molecule has 0 radical (unpaired) electrons. The van der Waals surface area contributed by atoms with Gasteiger partial charge < -0.3 is 9.97 Å². The summed E-state index contributed by atoms with van der Waals surface area (Å²) < 4.78 is 1.37. The van der Waals surface area contributed by atoms with Crippen molar-refractivity contribution in [3.63, 3.8) is 0 Å². The minimum Gasteiger partial charge on any atom is -0.342 e. The Hall–Kier alpha value is -4.52. The van der Waals surface area contributed by atoms with Gasteiger partial charge in [0.15, 0.2) is 16.8 Å². The molecule has 182 valence electrons. The maximum Gasteiger partial charge on any atom is 0.333 e. The van der Waals surface area contributed by atoms with Crippen LogP contribution in [0.2, 0.25) is 0 Å². The fourth-order valence-electron chi connectivity index (χ4n) is 3.30. The molecule has 12 nitrogen and oxygen atoms in total. The van der Waals surface area contributed by atoms with Crippen LogP contribution in [0.15, 0.2) is 55.8 Å². The number of carbonyl (C=O) groups is 2. The van der Waals surface area contributed by atoms with Crippen LogP contribution < -0.4 is 5.32 Å². The second kappa shape index (κ2) is 9.62. The van der Waals surface area contributed by atoms with Crippen LogP contribution in [-0.4, -0.2) is 56.3 Å². The molecular formula is C23H22N10O2S. The van der Waals surface area contributed by atoms with Crippen LogP contribution in [-0.2, 0) is 5.41 Å². The zero-order valence-corrected chi connectivity index (χ0v) is 20.3. The number of hydrogen-bond donors (Lipinski definition) is 3. The smallest absolute Gasteiger partial charge is 0.333 e. The molecule has 1 fully saturated rings. The number of aromatic nitrogens is 9. The summed E-state index contributed by atoms with van der Waals surface area (Å²) in [4.78, 5) is 54.9. The van der Waals surface area contributed by atoms with E-state index < -0.39 is 0 Å². The lowest BCUT2D eigenvalue weighted by Gasteiger charge is -2.07. The highest BCUT2D eigenvalue weighted by molar-refractivity contribution is 7.19. The maximum absolute atomic E-state index is 12.1. The SMILES string of the molecule is Cc1nc(NC(=O)n2ccnc2)sc1-c1ccnc(C2(C)CC2)n1.O=C(c1ncc[nH]1)c1ncc[nH]1. The van der Waals surface area contributed by atoms with Gasteiger partial charge in [0.2, 0.25) is 0 Å². The van der Waals surface area contributed by atoms with Crippen molar-refractivity contribution in [2.75, 3.05) is 5.32 Å². The molecule has 0 aromatic carbocycles. The highest BCUT2D eigenvalue weighted by Crippen LogP contribution is 2.46. The highest BCUT2D eigenvalue weighted by Gasteiger charge is 2.42. The fourth-order valence-corrected chi connectivity index (χ4v) is 4.23. The summed E-state index contributed by atoms with van der Waals surface area (Å²) in [5, 5.41) is 3.32. The summed E-state index contributed by atoms with van der Waals surface area (Å²) in [7, 11) is 0. The van der Waals surface area contributed by atoms with Crippen LogP contribution >= 0.6 is 11.3 Å². The van der Waals surface area contributed by atoms with E-state index in [1.54, 1.807) is 31.0 Å². The number of hydrogen-bond acceptors (Lipinski definition) is 9. The van der Waals surface area contributed by atoms with Gasteiger partial charge in [-0.05, 0) is 25.8 Å². The third kappa shape index (κ3) is 4.95. The molecule has 1 saturated carbocycles. The molecule has 0 unspecified atom stereocenters. The van der Waals surface area contributed by atoms with E-state index in [2.05, 4.69) is 47.1 Å². The Labute approximate surface area is 209 Å². The van der Waals surface area contributed by atoms with E-state index in [9.17, 15) is 9.59 Å². The zero-order valence-electron chi connectivity index (χ0n) is 19.5. The lowest BCUT2D eigenvalue weighted by Crippen LogP contribution is -2.17. The van der Waals surface area contributed by atoms with Gasteiger partial charge in [0.25, 0.3) is 5.78 Å². The molecule has 3 N–H and O–H groups in total. The lowest BCUT2D eigenvalue weighted by molar-refractivity contribution is 0.102. The summed E-state index contributed by atoms with van der Waals surface area (Å²) in [6, 6.07) is 1.60. The minimum atomic E-state index is -0.290. The van der Waals surface area contributed by atoms with Crippen LogP contribution in [0.1, 0.15) is 47.7 Å². The number of amides is 1. The Morgan fingerprint density at radius 1 is 1.03 bits per heavy atom. The number of aromatic amines is 2. The number of anilines is 1. The second-order valence-corrected chi connectivity index (χ2v) is 9.36. The van der Waals surface area contributed by atoms with Crippen molar-refractivity contribution in [1.82, 2.24) is 44.4 Å². The number of rotatable bonds is 5. The van der Waals surface area contributed by atoms with E-state index in [-0.39, 0.29) is 17.2 Å². The molecule has 1 aliphatic carbocycles. The van der Waals surface area contributed by atoms with Crippen LogP contribution in [0.3, 0.4) is 0 Å². The minimum absolute atomic E-state index is 0.118. The van der Waals surface area contributed by atoms with E-state index in [1.165, 1.54) is 34.6 Å². The Morgan fingerprint density at radius 3 is 2.33 bits per heavy atom. The molecule has 1 amide bonds. The van der Waals surface area contributed by atoms with E-state index in [0.717, 1.165) is 34.9 Å². The van der Waals surface area contributed by atoms with Gasteiger partial charge in [0.05, 0.1) is 16.3 Å². The molecule has 0 aliphatic heterocycles. The van der Waals surface area contributed by atoms with Crippen molar-refractivity contribution in [2.45, 2.75) is 32.1 Å². The van der Waals surface area contributed by atoms with Crippen molar-refractivity contribution in [3.05, 3.63) is 78.9 Å². The first-order chi connectivity index (χ1) is 17.4. The fraction of sp³-hybridized carbons (Fsp3) is 0.217. The van der Waals surface area contributed by atoms with E-state index in [1.807, 2.05) is 13.0 Å². The summed E-state index contributed by atoms with van der Waals surface area (Å²) in [5.74, 6) is 1.25. The number of nitrogens with one attached hydrogen (secondary N) is 3. The van der Waals surface area contributed by atoms with Gasteiger partial charge in [-0.2, -0.15) is 0 Å². The van der Waals surface area contributed by atoms with Crippen LogP contribution in [0.4, 0.5) is 9.93 Å². The molecule has 0 atom stereocenters. The molecule has 0 saturated heterocycles.